The Labute approximate surface area is 198 Å². The second-order valence-electron chi connectivity index (χ2n) is 12.2. The number of nitrogens with zero attached hydrogens (tertiary/aromatic N) is 1. The minimum Gasteiger partial charge on any atom is -0.391 e. The molecular weight excluding hydrogens is 408 g/mol. The molecule has 5 aliphatic rings. The fraction of sp³-hybridized carbons (Fsp3) is 0.724. The summed E-state index contributed by atoms with van der Waals surface area (Å²) in [7, 11) is 0. The van der Waals surface area contributed by atoms with E-state index in [9.17, 15) is 4.79 Å². The van der Waals surface area contributed by atoms with Crippen molar-refractivity contribution >= 4 is 11.5 Å². The molecule has 4 heteroatoms. The smallest absolute Gasteiger partial charge is 0.141 e. The highest BCUT2D eigenvalue weighted by Gasteiger charge is 2.61. The van der Waals surface area contributed by atoms with Crippen molar-refractivity contribution in [1.29, 1.82) is 0 Å². The van der Waals surface area contributed by atoms with Gasteiger partial charge in [-0.3, -0.25) is 4.79 Å². The first-order valence-electron chi connectivity index (χ1n) is 13.5. The van der Waals surface area contributed by atoms with Crippen molar-refractivity contribution in [1.82, 2.24) is 5.32 Å². The summed E-state index contributed by atoms with van der Waals surface area (Å²) in [5, 5.41) is 8.25. The highest BCUT2D eigenvalue weighted by molar-refractivity contribution is 5.92. The molecule has 33 heavy (non-hydrogen) atoms. The molecule has 5 fully saturated rings. The Balaban J connectivity index is 1.32. The van der Waals surface area contributed by atoms with Crippen LogP contribution in [0, 0.1) is 34.5 Å². The van der Waals surface area contributed by atoms with E-state index in [1.807, 2.05) is 0 Å². The fourth-order valence-corrected chi connectivity index (χ4v) is 9.01. The number of rotatable bonds is 3. The Morgan fingerprint density at radius 2 is 1.79 bits per heavy atom. The van der Waals surface area contributed by atoms with Crippen LogP contribution in [0.25, 0.3) is 0 Å². The normalized spacial score (nSPS) is 46.0. The van der Waals surface area contributed by atoms with Crippen molar-refractivity contribution in [3.8, 4) is 0 Å². The molecule has 6 rings (SSSR count). The molecule has 0 spiro atoms. The lowest BCUT2D eigenvalue weighted by Gasteiger charge is -2.61. The molecule has 1 heterocycles. The van der Waals surface area contributed by atoms with Crippen LogP contribution in [0.3, 0.4) is 0 Å². The molecule has 6 unspecified atom stereocenters. The van der Waals surface area contributed by atoms with Gasteiger partial charge in [0.1, 0.15) is 11.9 Å². The van der Waals surface area contributed by atoms with E-state index in [-0.39, 0.29) is 11.5 Å². The molecule has 0 bridgehead atoms. The molecule has 1 aliphatic heterocycles. The van der Waals surface area contributed by atoms with Gasteiger partial charge in [0.05, 0.1) is 5.71 Å². The predicted molar refractivity (Wildman–Crippen MR) is 131 cm³/mol. The van der Waals surface area contributed by atoms with Crippen LogP contribution in [-0.4, -0.2) is 30.7 Å². The number of hydrogen-bond acceptors (Lipinski definition) is 4. The second-order valence-corrected chi connectivity index (χ2v) is 12.2. The molecule has 1 saturated heterocycles. The highest BCUT2D eigenvalue weighted by atomic mass is 16.6. The van der Waals surface area contributed by atoms with Crippen molar-refractivity contribution in [2.24, 2.45) is 39.7 Å². The number of Topliss-reactive ketones (excluding diaryl/α,β-unsaturated/α-hetero) is 1. The van der Waals surface area contributed by atoms with E-state index < -0.39 is 0 Å². The number of nitrogens with one attached hydrogen (secondary N) is 1. The van der Waals surface area contributed by atoms with Crippen LogP contribution < -0.4 is 5.32 Å². The third-order valence-electron chi connectivity index (χ3n) is 10.8. The second kappa shape index (κ2) is 8.22. The van der Waals surface area contributed by atoms with Crippen molar-refractivity contribution < 1.29 is 9.63 Å². The topological polar surface area (TPSA) is 50.7 Å². The maximum atomic E-state index is 12.8. The molecule has 0 radical (unpaired) electrons. The maximum absolute atomic E-state index is 12.8. The van der Waals surface area contributed by atoms with Crippen LogP contribution in [0.5, 0.6) is 0 Å². The SMILES string of the molecule is C[C@]12CC/C(=N\OC3CCNC3)C(c3ccccc3)C1CCC1C2CC[C@]2(C)C(=O)CCC12. The molecule has 1 aromatic rings. The third-order valence-corrected chi connectivity index (χ3v) is 10.8. The summed E-state index contributed by atoms with van der Waals surface area (Å²) in [6.45, 7) is 6.84. The maximum Gasteiger partial charge on any atom is 0.141 e. The number of carbonyl (C=O) groups excluding carboxylic acids is 1. The Hall–Kier alpha value is -1.68. The van der Waals surface area contributed by atoms with E-state index in [1.165, 1.54) is 37.0 Å². The summed E-state index contributed by atoms with van der Waals surface area (Å²) in [6, 6.07) is 11.1. The van der Waals surface area contributed by atoms with Crippen LogP contribution >= 0.6 is 0 Å². The van der Waals surface area contributed by atoms with Gasteiger partial charge in [-0.25, -0.2) is 0 Å². The monoisotopic (exact) mass is 448 g/mol. The first-order valence-corrected chi connectivity index (χ1v) is 13.5. The van der Waals surface area contributed by atoms with Crippen LogP contribution in [-0.2, 0) is 9.63 Å². The van der Waals surface area contributed by atoms with E-state index in [0.29, 0.717) is 29.0 Å². The average Bonchev–Trinajstić information content (AvgIpc) is 3.45. The summed E-state index contributed by atoms with van der Waals surface area (Å²) in [6.07, 6.45) is 10.3. The van der Waals surface area contributed by atoms with E-state index in [0.717, 1.165) is 57.0 Å². The summed E-state index contributed by atoms with van der Waals surface area (Å²) in [5.74, 6) is 3.61. The zero-order valence-corrected chi connectivity index (χ0v) is 20.4. The predicted octanol–water partition coefficient (Wildman–Crippen LogP) is 5.73. The van der Waals surface area contributed by atoms with Gasteiger partial charge in [0.25, 0.3) is 0 Å². The lowest BCUT2D eigenvalue weighted by atomic mass is 9.43. The summed E-state index contributed by atoms with van der Waals surface area (Å²) < 4.78 is 0. The first kappa shape index (κ1) is 21.8. The van der Waals surface area contributed by atoms with Crippen molar-refractivity contribution in [2.75, 3.05) is 13.1 Å². The molecule has 0 amide bonds. The van der Waals surface area contributed by atoms with Gasteiger partial charge in [-0.15, -0.1) is 0 Å². The van der Waals surface area contributed by atoms with Gasteiger partial charge in [0.2, 0.25) is 0 Å². The summed E-state index contributed by atoms with van der Waals surface area (Å²) >= 11 is 0. The van der Waals surface area contributed by atoms with E-state index in [4.69, 9.17) is 9.99 Å². The van der Waals surface area contributed by atoms with Crippen LogP contribution in [0.4, 0.5) is 0 Å². The molecular formula is C29H40N2O2. The minimum absolute atomic E-state index is 0.0341. The summed E-state index contributed by atoms with van der Waals surface area (Å²) in [5.41, 5.74) is 2.97. The lowest BCUT2D eigenvalue weighted by Crippen LogP contribution is -2.55. The van der Waals surface area contributed by atoms with Crippen molar-refractivity contribution in [2.45, 2.75) is 83.7 Å². The largest absolute Gasteiger partial charge is 0.391 e. The minimum atomic E-state index is -0.0341. The molecule has 1 aromatic carbocycles. The Bertz CT molecular complexity index is 923. The highest BCUT2D eigenvalue weighted by Crippen LogP contribution is 2.67. The Kier molecular flexibility index (Phi) is 5.44. The van der Waals surface area contributed by atoms with Crippen LogP contribution in [0.1, 0.15) is 83.1 Å². The van der Waals surface area contributed by atoms with E-state index in [2.05, 4.69) is 49.5 Å². The first-order chi connectivity index (χ1) is 16.0. The number of benzene rings is 1. The third kappa shape index (κ3) is 3.42. The van der Waals surface area contributed by atoms with Gasteiger partial charge in [0, 0.05) is 30.7 Å². The van der Waals surface area contributed by atoms with Crippen LogP contribution in [0.2, 0.25) is 0 Å². The average molecular weight is 449 g/mol. The number of oxime groups is 1. The number of fused-ring (bicyclic) bond motifs is 5. The van der Waals surface area contributed by atoms with Crippen molar-refractivity contribution in [3.63, 3.8) is 0 Å². The molecule has 4 saturated carbocycles. The molecule has 0 aromatic heterocycles. The Morgan fingerprint density at radius 1 is 0.939 bits per heavy atom. The molecule has 178 valence electrons. The van der Waals surface area contributed by atoms with E-state index in [1.54, 1.807) is 0 Å². The summed E-state index contributed by atoms with van der Waals surface area (Å²) in [4.78, 5) is 18.9. The van der Waals surface area contributed by atoms with Gasteiger partial charge < -0.3 is 10.2 Å². The molecule has 4 nitrogen and oxygen atoms in total. The molecule has 1 N–H and O–H groups in total. The number of hydrogen-bond donors (Lipinski definition) is 1. The fourth-order valence-electron chi connectivity index (χ4n) is 9.01. The molecule has 8 atom stereocenters. The quantitative estimate of drug-likeness (QED) is 0.601. The Morgan fingerprint density at radius 3 is 2.58 bits per heavy atom. The van der Waals surface area contributed by atoms with E-state index >= 15 is 0 Å². The van der Waals surface area contributed by atoms with Gasteiger partial charge >= 0.3 is 0 Å². The number of ketones is 1. The zero-order valence-electron chi connectivity index (χ0n) is 20.4. The van der Waals surface area contributed by atoms with Gasteiger partial charge in [-0.05, 0) is 86.1 Å². The van der Waals surface area contributed by atoms with Crippen LogP contribution in [0.15, 0.2) is 35.5 Å². The number of carbonyl (C=O) groups is 1. The van der Waals surface area contributed by atoms with Crippen molar-refractivity contribution in [3.05, 3.63) is 35.9 Å². The molecule has 4 aliphatic carbocycles. The lowest BCUT2D eigenvalue weighted by molar-refractivity contribution is -0.137. The van der Waals surface area contributed by atoms with Gasteiger partial charge in [-0.1, -0.05) is 49.3 Å². The van der Waals surface area contributed by atoms with Gasteiger partial charge in [0.15, 0.2) is 0 Å². The van der Waals surface area contributed by atoms with Gasteiger partial charge in [-0.2, -0.15) is 0 Å². The standard InChI is InChI=1S/C29H40N2O2/c1-28-16-13-25(31-33-20-14-17-30-18-20)27(19-6-4-3-5-7-19)24(28)9-8-21-22-10-11-26(32)29(22,2)15-12-23(21)28/h3-7,20-24,27,30H,8-18H2,1-2H3/b31-25+/t20?,21?,22?,23?,24?,27?,28-,29+/m1/s1. The zero-order chi connectivity index (χ0) is 22.6.